The van der Waals surface area contributed by atoms with Crippen LogP contribution in [-0.2, 0) is 17.6 Å². The number of aliphatic carboxylic acids is 1. The number of rotatable bonds is 6. The Morgan fingerprint density at radius 3 is 2.60 bits per heavy atom. The van der Waals surface area contributed by atoms with E-state index < -0.39 is 5.97 Å². The first-order valence-corrected chi connectivity index (χ1v) is 12.6. The Morgan fingerprint density at radius 2 is 1.86 bits per heavy atom. The van der Waals surface area contributed by atoms with Crippen LogP contribution < -0.4 is 0 Å². The summed E-state index contributed by atoms with van der Waals surface area (Å²) in [4.78, 5) is 37.2. The van der Waals surface area contributed by atoms with E-state index in [-0.39, 0.29) is 12.3 Å². The van der Waals surface area contributed by atoms with E-state index in [0.29, 0.717) is 31.0 Å². The molecule has 1 unspecified atom stereocenters. The van der Waals surface area contributed by atoms with Crippen molar-refractivity contribution in [2.75, 3.05) is 32.7 Å². The lowest BCUT2D eigenvalue weighted by atomic mass is 9.82. The highest BCUT2D eigenvalue weighted by Gasteiger charge is 2.26. The average Bonchev–Trinajstić information content (AvgIpc) is 2.88. The number of nitrogens with zero attached hydrogens (tertiary/aromatic N) is 4. The summed E-state index contributed by atoms with van der Waals surface area (Å²) in [6.07, 6.45) is 7.23. The third-order valence-electron chi connectivity index (χ3n) is 7.23. The molecule has 2 aliphatic rings. The van der Waals surface area contributed by atoms with Crippen molar-refractivity contribution in [3.05, 3.63) is 70.1 Å². The summed E-state index contributed by atoms with van der Waals surface area (Å²) in [6, 6.07) is 9.79. The fraction of sp³-hybridized carbons (Fsp3) is 0.407. The minimum Gasteiger partial charge on any atom is -0.481 e. The van der Waals surface area contributed by atoms with Crippen molar-refractivity contribution in [2.24, 2.45) is 0 Å². The Balaban J connectivity index is 1.31. The second-order valence-corrected chi connectivity index (χ2v) is 9.81. The number of piperazine rings is 1. The lowest BCUT2D eigenvalue weighted by Gasteiger charge is -2.34. The van der Waals surface area contributed by atoms with Gasteiger partial charge in [-0.25, -0.2) is 0 Å². The molecule has 0 bridgehead atoms. The number of benzene rings is 1. The number of carboxylic acids is 1. The molecule has 0 saturated carbocycles. The van der Waals surface area contributed by atoms with Gasteiger partial charge >= 0.3 is 5.97 Å². The van der Waals surface area contributed by atoms with Crippen LogP contribution in [0.25, 0.3) is 10.9 Å². The molecule has 1 atom stereocenters. The van der Waals surface area contributed by atoms with Gasteiger partial charge in [0.05, 0.1) is 10.5 Å². The van der Waals surface area contributed by atoms with E-state index in [1.165, 1.54) is 5.56 Å². The molecule has 1 aliphatic heterocycles. The minimum atomic E-state index is -0.766. The van der Waals surface area contributed by atoms with Crippen molar-refractivity contribution in [3.8, 4) is 0 Å². The first-order chi connectivity index (χ1) is 17.0. The van der Waals surface area contributed by atoms with Crippen LogP contribution in [0.4, 0.5) is 0 Å². The fourth-order valence-corrected chi connectivity index (χ4v) is 5.62. The van der Waals surface area contributed by atoms with Gasteiger partial charge in [0.25, 0.3) is 5.91 Å². The van der Waals surface area contributed by atoms with Crippen LogP contribution >= 0.6 is 11.6 Å². The second kappa shape index (κ2) is 10.3. The Hall–Kier alpha value is -3.03. The topological polar surface area (TPSA) is 86.6 Å². The molecule has 3 heterocycles. The van der Waals surface area contributed by atoms with E-state index in [1.807, 2.05) is 35.5 Å². The lowest BCUT2D eigenvalue weighted by molar-refractivity contribution is -0.137. The zero-order chi connectivity index (χ0) is 24.4. The van der Waals surface area contributed by atoms with Crippen LogP contribution in [0.15, 0.2) is 42.7 Å². The number of aromatic nitrogens is 2. The van der Waals surface area contributed by atoms with Gasteiger partial charge in [-0.1, -0.05) is 17.7 Å². The quantitative estimate of drug-likeness (QED) is 0.555. The van der Waals surface area contributed by atoms with Gasteiger partial charge in [0.2, 0.25) is 0 Å². The van der Waals surface area contributed by atoms with Gasteiger partial charge in [0.1, 0.15) is 0 Å². The van der Waals surface area contributed by atoms with Gasteiger partial charge < -0.3 is 10.0 Å². The third-order valence-corrected chi connectivity index (χ3v) is 7.67. The van der Waals surface area contributed by atoms with Crippen molar-refractivity contribution < 1.29 is 14.7 Å². The number of hydrogen-bond acceptors (Lipinski definition) is 5. The molecule has 1 saturated heterocycles. The van der Waals surface area contributed by atoms with Gasteiger partial charge in [-0.15, -0.1) is 0 Å². The Kier molecular flexibility index (Phi) is 6.97. The number of halogens is 1. The van der Waals surface area contributed by atoms with E-state index in [4.69, 9.17) is 21.7 Å². The molecule has 3 aromatic rings. The predicted molar refractivity (Wildman–Crippen MR) is 135 cm³/mol. The molecule has 2 aromatic heterocycles. The molecule has 0 spiro atoms. The number of carbonyl (C=O) groups is 2. The third kappa shape index (κ3) is 5.16. The number of carboxylic acid groups (broad SMARTS) is 1. The van der Waals surface area contributed by atoms with E-state index in [0.717, 1.165) is 66.1 Å². The van der Waals surface area contributed by atoms with E-state index >= 15 is 0 Å². The molecule has 1 aromatic carbocycles. The van der Waals surface area contributed by atoms with Crippen molar-refractivity contribution in [3.63, 3.8) is 0 Å². The molecule has 0 radical (unpaired) electrons. The number of carbonyl (C=O) groups excluding carboxylic acids is 1. The maximum Gasteiger partial charge on any atom is 0.303 e. The van der Waals surface area contributed by atoms with Gasteiger partial charge in [-0.3, -0.25) is 24.5 Å². The van der Waals surface area contributed by atoms with Crippen molar-refractivity contribution in [1.29, 1.82) is 0 Å². The predicted octanol–water partition coefficient (Wildman–Crippen LogP) is 4.18. The summed E-state index contributed by atoms with van der Waals surface area (Å²) < 4.78 is 0. The van der Waals surface area contributed by atoms with Gasteiger partial charge in [0, 0.05) is 61.6 Å². The van der Waals surface area contributed by atoms with Crippen LogP contribution in [0.3, 0.4) is 0 Å². The van der Waals surface area contributed by atoms with Crippen LogP contribution in [0, 0.1) is 0 Å². The summed E-state index contributed by atoms with van der Waals surface area (Å²) in [5.74, 6) is -0.372. The molecule has 8 heteroatoms. The van der Waals surface area contributed by atoms with E-state index in [9.17, 15) is 9.59 Å². The van der Waals surface area contributed by atoms with Crippen molar-refractivity contribution in [2.45, 2.75) is 38.0 Å². The Bertz CT molecular complexity index is 1240. The lowest BCUT2D eigenvalue weighted by Crippen LogP contribution is -2.48. The van der Waals surface area contributed by atoms with E-state index in [2.05, 4.69) is 22.0 Å². The van der Waals surface area contributed by atoms with Crippen LogP contribution in [0.1, 0.15) is 52.4 Å². The normalized spacial score (nSPS) is 18.4. The summed E-state index contributed by atoms with van der Waals surface area (Å²) in [5.41, 5.74) is 4.82. The monoisotopic (exact) mass is 492 g/mol. The van der Waals surface area contributed by atoms with Crippen LogP contribution in [-0.4, -0.2) is 69.5 Å². The van der Waals surface area contributed by atoms with Crippen LogP contribution in [0.2, 0.25) is 5.02 Å². The highest BCUT2D eigenvalue weighted by atomic mass is 35.5. The number of fused-ring (bicyclic) bond motifs is 2. The van der Waals surface area contributed by atoms with Gasteiger partial charge in [-0.05, 0) is 73.5 Å². The average molecular weight is 493 g/mol. The summed E-state index contributed by atoms with van der Waals surface area (Å²) in [6.45, 7) is 3.53. The first kappa shape index (κ1) is 23.7. The molecule has 5 rings (SSSR count). The fourth-order valence-electron chi connectivity index (χ4n) is 5.25. The largest absolute Gasteiger partial charge is 0.481 e. The SMILES string of the molecule is O=C(O)CCCN1CCN(C(=O)c2ccc3c(Cl)c4c(nc3c2)CC(c2ccncc2)CC4)CC1. The smallest absolute Gasteiger partial charge is 0.303 e. The molecule has 35 heavy (non-hydrogen) atoms. The molecule has 7 nitrogen and oxygen atoms in total. The first-order valence-electron chi connectivity index (χ1n) is 12.2. The standard InChI is InChI=1S/C27H29ClN4O3/c28-26-21-5-3-19(18-7-9-29-10-8-18)16-23(21)30-24-17-20(4-6-22(24)26)27(35)32-14-12-31(13-15-32)11-1-2-25(33)34/h4,6-10,17,19H,1-3,5,11-16H2,(H,33,34). The molecule has 1 fully saturated rings. The van der Waals surface area contributed by atoms with Gasteiger partial charge in [0.15, 0.2) is 0 Å². The Labute approximate surface area is 209 Å². The molecule has 1 N–H and O–H groups in total. The highest BCUT2D eigenvalue weighted by Crippen LogP contribution is 2.38. The Morgan fingerprint density at radius 1 is 1.09 bits per heavy atom. The molecular weight excluding hydrogens is 464 g/mol. The maximum absolute atomic E-state index is 13.2. The van der Waals surface area contributed by atoms with Crippen molar-refractivity contribution in [1.82, 2.24) is 19.8 Å². The number of pyridine rings is 2. The molecular formula is C27H29ClN4O3. The zero-order valence-corrected chi connectivity index (χ0v) is 20.4. The van der Waals surface area contributed by atoms with Crippen molar-refractivity contribution >= 4 is 34.4 Å². The summed E-state index contributed by atoms with van der Waals surface area (Å²) in [7, 11) is 0. The minimum absolute atomic E-state index is 0.00221. The molecule has 1 amide bonds. The number of hydrogen-bond donors (Lipinski definition) is 1. The van der Waals surface area contributed by atoms with Gasteiger partial charge in [-0.2, -0.15) is 0 Å². The highest BCUT2D eigenvalue weighted by molar-refractivity contribution is 6.36. The second-order valence-electron chi connectivity index (χ2n) is 9.43. The van der Waals surface area contributed by atoms with E-state index in [1.54, 1.807) is 0 Å². The number of amides is 1. The molecule has 182 valence electrons. The maximum atomic E-state index is 13.2. The zero-order valence-electron chi connectivity index (χ0n) is 19.6. The van der Waals surface area contributed by atoms with Crippen LogP contribution in [0.5, 0.6) is 0 Å². The molecule has 1 aliphatic carbocycles. The summed E-state index contributed by atoms with van der Waals surface area (Å²) in [5, 5.41) is 10.5. The summed E-state index contributed by atoms with van der Waals surface area (Å²) >= 11 is 6.82.